The molecule has 70 valence electrons. The van der Waals surface area contributed by atoms with E-state index in [1.165, 1.54) is 0 Å². The molecule has 0 radical (unpaired) electrons. The Morgan fingerprint density at radius 1 is 1.75 bits per heavy atom. The minimum absolute atomic E-state index is 0.0184. The lowest BCUT2D eigenvalue weighted by molar-refractivity contribution is 0.132. The van der Waals surface area contributed by atoms with Gasteiger partial charge in [0.2, 0.25) is 0 Å². The van der Waals surface area contributed by atoms with Crippen LogP contribution in [0.3, 0.4) is 0 Å². The molecule has 1 amide bonds. The largest absolute Gasteiger partial charge is 0.443 e. The maximum absolute atomic E-state index is 10.9. The minimum Gasteiger partial charge on any atom is -0.443 e. The second-order valence-corrected chi connectivity index (χ2v) is 3.45. The number of likely N-dealkylation sites (N-methyl/N-ethyl adjacent to an activating group) is 1. The van der Waals surface area contributed by atoms with Gasteiger partial charge in [-0.2, -0.15) is 0 Å². The molecule has 0 aromatic heterocycles. The predicted molar refractivity (Wildman–Crippen MR) is 46.0 cm³/mol. The van der Waals surface area contributed by atoms with Crippen molar-refractivity contribution in [2.45, 2.75) is 26.0 Å². The molecule has 1 fully saturated rings. The first kappa shape index (κ1) is 9.32. The number of carbonyl (C=O) groups excluding carboxylic acids is 1. The van der Waals surface area contributed by atoms with E-state index in [2.05, 4.69) is 19.2 Å². The van der Waals surface area contributed by atoms with Crippen molar-refractivity contribution >= 4 is 6.09 Å². The van der Waals surface area contributed by atoms with Gasteiger partial charge in [-0.05, 0) is 0 Å². The number of cyclic esters (lactones) is 1. The first-order valence-corrected chi connectivity index (χ1v) is 4.24. The highest BCUT2D eigenvalue weighted by molar-refractivity contribution is 5.69. The molecule has 1 rings (SSSR count). The molecule has 1 unspecified atom stereocenters. The van der Waals surface area contributed by atoms with Gasteiger partial charge in [0.15, 0.2) is 0 Å². The normalized spacial score (nSPS) is 23.5. The lowest BCUT2D eigenvalue weighted by Gasteiger charge is -2.11. The van der Waals surface area contributed by atoms with Gasteiger partial charge in [-0.25, -0.2) is 4.79 Å². The van der Waals surface area contributed by atoms with E-state index < -0.39 is 0 Å². The molecule has 0 spiro atoms. The lowest BCUT2D eigenvalue weighted by Crippen LogP contribution is -2.33. The third-order valence-corrected chi connectivity index (χ3v) is 1.81. The maximum atomic E-state index is 10.9. The second kappa shape index (κ2) is 3.76. The summed E-state index contributed by atoms with van der Waals surface area (Å²) in [5, 5.41) is 3.22. The number of hydrogen-bond donors (Lipinski definition) is 1. The Morgan fingerprint density at radius 3 is 2.83 bits per heavy atom. The fourth-order valence-electron chi connectivity index (χ4n) is 1.12. The molecule has 0 bridgehead atoms. The van der Waals surface area contributed by atoms with E-state index in [1.807, 2.05) is 0 Å². The summed E-state index contributed by atoms with van der Waals surface area (Å²) in [5.74, 6) is 0. The molecule has 0 aliphatic carbocycles. The Bertz CT molecular complexity index is 170. The molecule has 4 nitrogen and oxygen atoms in total. The van der Waals surface area contributed by atoms with E-state index in [1.54, 1.807) is 11.9 Å². The van der Waals surface area contributed by atoms with Gasteiger partial charge >= 0.3 is 6.09 Å². The molecular weight excluding hydrogens is 156 g/mol. The van der Waals surface area contributed by atoms with Crippen LogP contribution in [-0.4, -0.2) is 43.3 Å². The van der Waals surface area contributed by atoms with Gasteiger partial charge in [0.05, 0.1) is 6.54 Å². The highest BCUT2D eigenvalue weighted by Crippen LogP contribution is 2.07. The van der Waals surface area contributed by atoms with Crippen LogP contribution >= 0.6 is 0 Å². The highest BCUT2D eigenvalue weighted by Gasteiger charge is 2.27. The van der Waals surface area contributed by atoms with E-state index in [0.29, 0.717) is 12.6 Å². The summed E-state index contributed by atoms with van der Waals surface area (Å²) >= 11 is 0. The quantitative estimate of drug-likeness (QED) is 0.671. The zero-order valence-electron chi connectivity index (χ0n) is 7.83. The van der Waals surface area contributed by atoms with E-state index in [0.717, 1.165) is 6.54 Å². The number of ether oxygens (including phenoxy) is 1. The van der Waals surface area contributed by atoms with Gasteiger partial charge in [-0.1, -0.05) is 13.8 Å². The Balaban J connectivity index is 2.23. The number of nitrogens with one attached hydrogen (secondary N) is 1. The van der Waals surface area contributed by atoms with Gasteiger partial charge in [-0.3, -0.25) is 0 Å². The smallest absolute Gasteiger partial charge is 0.410 e. The molecule has 1 heterocycles. The predicted octanol–water partition coefficient (Wildman–Crippen LogP) is 0.435. The molecule has 12 heavy (non-hydrogen) atoms. The maximum Gasteiger partial charge on any atom is 0.410 e. The Hall–Kier alpha value is -0.770. The number of amides is 1. The van der Waals surface area contributed by atoms with Crippen molar-refractivity contribution in [1.82, 2.24) is 10.2 Å². The van der Waals surface area contributed by atoms with Crippen molar-refractivity contribution in [2.24, 2.45) is 0 Å². The van der Waals surface area contributed by atoms with Crippen LogP contribution in [0.25, 0.3) is 0 Å². The van der Waals surface area contributed by atoms with Crippen LogP contribution in [0.4, 0.5) is 4.79 Å². The van der Waals surface area contributed by atoms with Gasteiger partial charge in [-0.15, -0.1) is 0 Å². The summed E-state index contributed by atoms with van der Waals surface area (Å²) < 4.78 is 5.05. The lowest BCUT2D eigenvalue weighted by atomic mass is 10.3. The van der Waals surface area contributed by atoms with Crippen LogP contribution in [0.15, 0.2) is 0 Å². The molecule has 4 heteroatoms. The van der Waals surface area contributed by atoms with Crippen molar-refractivity contribution < 1.29 is 9.53 Å². The number of nitrogens with zero attached hydrogens (tertiary/aromatic N) is 1. The molecule has 1 saturated heterocycles. The monoisotopic (exact) mass is 172 g/mol. The zero-order valence-corrected chi connectivity index (χ0v) is 7.83. The molecular formula is C8H16N2O2. The summed E-state index contributed by atoms with van der Waals surface area (Å²) in [6.07, 6.45) is -0.199. The van der Waals surface area contributed by atoms with Crippen LogP contribution in [0.5, 0.6) is 0 Å². The van der Waals surface area contributed by atoms with Crippen molar-refractivity contribution in [3.8, 4) is 0 Å². The van der Waals surface area contributed by atoms with Gasteiger partial charge < -0.3 is 15.0 Å². The summed E-state index contributed by atoms with van der Waals surface area (Å²) in [7, 11) is 1.75. The highest BCUT2D eigenvalue weighted by atomic mass is 16.6. The first-order chi connectivity index (χ1) is 5.59. The molecule has 1 N–H and O–H groups in total. The van der Waals surface area contributed by atoms with E-state index >= 15 is 0 Å². The number of hydrogen-bond acceptors (Lipinski definition) is 3. The second-order valence-electron chi connectivity index (χ2n) is 3.45. The molecule has 0 saturated carbocycles. The average Bonchev–Trinajstić information content (AvgIpc) is 2.28. The Labute approximate surface area is 72.9 Å². The molecule has 0 aromatic rings. The Morgan fingerprint density at radius 2 is 2.42 bits per heavy atom. The minimum atomic E-state index is -0.217. The van der Waals surface area contributed by atoms with Crippen molar-refractivity contribution in [3.05, 3.63) is 0 Å². The van der Waals surface area contributed by atoms with E-state index in [4.69, 9.17) is 4.74 Å². The van der Waals surface area contributed by atoms with Crippen LogP contribution in [-0.2, 0) is 4.74 Å². The van der Waals surface area contributed by atoms with Crippen LogP contribution in [0.2, 0.25) is 0 Å². The van der Waals surface area contributed by atoms with Crippen LogP contribution in [0, 0.1) is 0 Å². The standard InChI is InChI=1S/C8H16N2O2/c1-6(2)9-4-7-5-10(3)8(11)12-7/h6-7,9H,4-5H2,1-3H3. The average molecular weight is 172 g/mol. The van der Waals surface area contributed by atoms with E-state index in [-0.39, 0.29) is 12.2 Å². The number of carbonyl (C=O) groups is 1. The van der Waals surface area contributed by atoms with Crippen molar-refractivity contribution in [3.63, 3.8) is 0 Å². The molecule has 1 atom stereocenters. The third kappa shape index (κ3) is 2.37. The SMILES string of the molecule is CC(C)NCC1CN(C)C(=O)O1. The van der Waals surface area contributed by atoms with Crippen molar-refractivity contribution in [1.29, 1.82) is 0 Å². The topological polar surface area (TPSA) is 41.6 Å². The molecule has 0 aromatic carbocycles. The summed E-state index contributed by atoms with van der Waals surface area (Å²) in [6, 6.07) is 0.439. The fourth-order valence-corrected chi connectivity index (χ4v) is 1.12. The van der Waals surface area contributed by atoms with Crippen LogP contribution < -0.4 is 5.32 Å². The summed E-state index contributed by atoms with van der Waals surface area (Å²) in [6.45, 7) is 5.58. The summed E-state index contributed by atoms with van der Waals surface area (Å²) in [5.41, 5.74) is 0. The molecule has 1 aliphatic rings. The van der Waals surface area contributed by atoms with Gasteiger partial charge in [0.25, 0.3) is 0 Å². The zero-order chi connectivity index (χ0) is 9.14. The van der Waals surface area contributed by atoms with E-state index in [9.17, 15) is 4.79 Å². The van der Waals surface area contributed by atoms with Gasteiger partial charge in [0.1, 0.15) is 6.10 Å². The fraction of sp³-hybridized carbons (Fsp3) is 0.875. The van der Waals surface area contributed by atoms with Crippen molar-refractivity contribution in [2.75, 3.05) is 20.1 Å². The van der Waals surface area contributed by atoms with Crippen LogP contribution in [0.1, 0.15) is 13.8 Å². The molecule has 1 aliphatic heterocycles. The summed E-state index contributed by atoms with van der Waals surface area (Å²) in [4.78, 5) is 12.5. The third-order valence-electron chi connectivity index (χ3n) is 1.81. The Kier molecular flexibility index (Phi) is 2.92. The first-order valence-electron chi connectivity index (χ1n) is 4.24. The van der Waals surface area contributed by atoms with Gasteiger partial charge in [0, 0.05) is 19.6 Å². The number of rotatable bonds is 3.